The van der Waals surface area contributed by atoms with Crippen molar-refractivity contribution in [3.8, 4) is 0 Å². The molecule has 0 aliphatic heterocycles. The van der Waals surface area contributed by atoms with E-state index in [-0.39, 0.29) is 18.2 Å². The van der Waals surface area contributed by atoms with E-state index in [0.717, 1.165) is 0 Å². The summed E-state index contributed by atoms with van der Waals surface area (Å²) < 4.78 is 0. The van der Waals surface area contributed by atoms with Crippen LogP contribution in [0.2, 0.25) is 0 Å². The van der Waals surface area contributed by atoms with Crippen molar-refractivity contribution in [3.05, 3.63) is 0 Å². The number of Topliss-reactive ketones (excluding diaryl/α,β-unsaturated/α-hetero) is 2. The number of carbonyl (C=O) groups excluding carboxylic acids is 2. The summed E-state index contributed by atoms with van der Waals surface area (Å²) in [6, 6.07) is 0. The summed E-state index contributed by atoms with van der Waals surface area (Å²) in [4.78, 5) is 21.7. The van der Waals surface area contributed by atoms with Crippen molar-refractivity contribution in [3.63, 3.8) is 0 Å². The van der Waals surface area contributed by atoms with Crippen LogP contribution in [0.5, 0.6) is 0 Å². The lowest BCUT2D eigenvalue weighted by Crippen LogP contribution is -2.18. The van der Waals surface area contributed by atoms with Gasteiger partial charge in [-0.05, 0) is 27.0 Å². The van der Waals surface area contributed by atoms with Gasteiger partial charge < -0.3 is 10.5 Å². The number of aliphatic hydroxyl groups excluding tert-OH is 1. The maximum absolute atomic E-state index is 11.0. The van der Waals surface area contributed by atoms with Crippen molar-refractivity contribution < 1.29 is 14.7 Å². The Kier molecular flexibility index (Phi) is 10.1. The summed E-state index contributed by atoms with van der Waals surface area (Å²) in [6.45, 7) is 5.51. The SMILES string of the molecule is C=N.CC(=O)C(C)C(=O)CCCO. The van der Waals surface area contributed by atoms with Gasteiger partial charge >= 0.3 is 0 Å². The zero-order chi connectivity index (χ0) is 10.9. The first-order valence-electron chi connectivity index (χ1n) is 4.09. The molecule has 0 aromatic carbocycles. The van der Waals surface area contributed by atoms with Gasteiger partial charge in [0, 0.05) is 13.0 Å². The predicted octanol–water partition coefficient (Wildman–Crippen LogP) is 0.819. The Bertz CT molecular complexity index is 168. The highest BCUT2D eigenvalue weighted by Gasteiger charge is 2.15. The standard InChI is InChI=1S/C8H14O3.CH3N/c1-6(7(2)10)8(11)4-3-5-9;1-2/h6,9H,3-5H2,1-2H3;2H,1H2. The number of aliphatic hydroxyl groups is 1. The second kappa shape index (κ2) is 9.06. The van der Waals surface area contributed by atoms with Gasteiger partial charge in [-0.3, -0.25) is 9.59 Å². The summed E-state index contributed by atoms with van der Waals surface area (Å²) >= 11 is 0. The molecule has 0 aliphatic carbocycles. The van der Waals surface area contributed by atoms with Crippen molar-refractivity contribution in [2.75, 3.05) is 6.61 Å². The smallest absolute Gasteiger partial charge is 0.143 e. The summed E-state index contributed by atoms with van der Waals surface area (Å²) in [5.41, 5.74) is 0. The van der Waals surface area contributed by atoms with Gasteiger partial charge in [0.15, 0.2) is 0 Å². The van der Waals surface area contributed by atoms with E-state index in [1.807, 2.05) is 0 Å². The van der Waals surface area contributed by atoms with Crippen LogP contribution >= 0.6 is 0 Å². The summed E-state index contributed by atoms with van der Waals surface area (Å²) in [6.07, 6.45) is 0.758. The number of hydrogen-bond acceptors (Lipinski definition) is 4. The van der Waals surface area contributed by atoms with E-state index >= 15 is 0 Å². The minimum Gasteiger partial charge on any atom is -0.396 e. The molecule has 0 fully saturated rings. The van der Waals surface area contributed by atoms with Gasteiger partial charge in [0.2, 0.25) is 0 Å². The van der Waals surface area contributed by atoms with E-state index < -0.39 is 5.92 Å². The van der Waals surface area contributed by atoms with Gasteiger partial charge in [0.05, 0.1) is 5.92 Å². The Hall–Kier alpha value is -1.03. The summed E-state index contributed by atoms with van der Waals surface area (Å²) in [7, 11) is 0. The van der Waals surface area contributed by atoms with Gasteiger partial charge in [-0.15, -0.1) is 0 Å². The molecular formula is C9H17NO3. The van der Waals surface area contributed by atoms with Crippen LogP contribution in [0, 0.1) is 11.3 Å². The molecule has 0 saturated heterocycles. The number of hydrogen-bond donors (Lipinski definition) is 2. The van der Waals surface area contributed by atoms with E-state index in [1.54, 1.807) is 6.92 Å². The van der Waals surface area contributed by atoms with Crippen LogP contribution in [-0.4, -0.2) is 30.0 Å². The Labute approximate surface area is 78.5 Å². The molecule has 1 unspecified atom stereocenters. The van der Waals surface area contributed by atoms with Crippen LogP contribution in [0.15, 0.2) is 0 Å². The lowest BCUT2D eigenvalue weighted by molar-refractivity contribution is -0.131. The minimum atomic E-state index is -0.499. The first-order chi connectivity index (χ1) is 6.09. The van der Waals surface area contributed by atoms with Gasteiger partial charge in [-0.25, -0.2) is 0 Å². The Balaban J connectivity index is 0. The quantitative estimate of drug-likeness (QED) is 0.494. The van der Waals surface area contributed by atoms with Crippen LogP contribution in [0.3, 0.4) is 0 Å². The van der Waals surface area contributed by atoms with E-state index in [2.05, 4.69) is 6.72 Å². The highest BCUT2D eigenvalue weighted by molar-refractivity contribution is 6.00. The molecule has 0 rings (SSSR count). The highest BCUT2D eigenvalue weighted by atomic mass is 16.3. The fraction of sp³-hybridized carbons (Fsp3) is 0.667. The third kappa shape index (κ3) is 7.33. The largest absolute Gasteiger partial charge is 0.396 e. The van der Waals surface area contributed by atoms with Crippen LogP contribution < -0.4 is 0 Å². The van der Waals surface area contributed by atoms with Crippen molar-refractivity contribution in [1.29, 1.82) is 5.41 Å². The fourth-order valence-corrected chi connectivity index (χ4v) is 0.697. The topological polar surface area (TPSA) is 78.2 Å². The molecule has 4 nitrogen and oxygen atoms in total. The van der Waals surface area contributed by atoms with E-state index in [1.165, 1.54) is 6.92 Å². The molecule has 0 saturated carbocycles. The second-order valence-corrected chi connectivity index (χ2v) is 2.63. The lowest BCUT2D eigenvalue weighted by atomic mass is 9.99. The van der Waals surface area contributed by atoms with Crippen LogP contribution in [-0.2, 0) is 9.59 Å². The van der Waals surface area contributed by atoms with Crippen molar-refractivity contribution in [1.82, 2.24) is 0 Å². The predicted molar refractivity (Wildman–Crippen MR) is 51.0 cm³/mol. The molecule has 13 heavy (non-hydrogen) atoms. The van der Waals surface area contributed by atoms with E-state index in [0.29, 0.717) is 12.8 Å². The molecule has 1 atom stereocenters. The number of ketones is 2. The Morgan fingerprint density at radius 3 is 2.23 bits per heavy atom. The zero-order valence-corrected chi connectivity index (χ0v) is 8.17. The summed E-state index contributed by atoms with van der Waals surface area (Å²) in [5, 5.41) is 13.9. The number of carbonyl (C=O) groups is 2. The molecule has 0 bridgehead atoms. The molecule has 0 aromatic rings. The molecular weight excluding hydrogens is 170 g/mol. The van der Waals surface area contributed by atoms with Crippen molar-refractivity contribution >= 4 is 18.3 Å². The normalized spacial score (nSPS) is 11.0. The molecule has 0 aliphatic rings. The molecule has 4 heteroatoms. The fourth-order valence-electron chi connectivity index (χ4n) is 0.697. The van der Waals surface area contributed by atoms with Crippen molar-refractivity contribution in [2.45, 2.75) is 26.7 Å². The van der Waals surface area contributed by atoms with Gasteiger partial charge in [0.1, 0.15) is 11.6 Å². The maximum atomic E-state index is 11.0. The molecule has 0 spiro atoms. The van der Waals surface area contributed by atoms with E-state index in [4.69, 9.17) is 10.5 Å². The third-order valence-electron chi connectivity index (χ3n) is 1.67. The van der Waals surface area contributed by atoms with E-state index in [9.17, 15) is 9.59 Å². The Morgan fingerprint density at radius 2 is 1.92 bits per heavy atom. The molecule has 0 heterocycles. The summed E-state index contributed by atoms with van der Waals surface area (Å²) in [5.74, 6) is -0.680. The Morgan fingerprint density at radius 1 is 1.46 bits per heavy atom. The second-order valence-electron chi connectivity index (χ2n) is 2.63. The minimum absolute atomic E-state index is 0.0103. The van der Waals surface area contributed by atoms with Crippen LogP contribution in [0.25, 0.3) is 0 Å². The van der Waals surface area contributed by atoms with Gasteiger partial charge in [-0.1, -0.05) is 0 Å². The van der Waals surface area contributed by atoms with Gasteiger partial charge in [-0.2, -0.15) is 0 Å². The molecule has 76 valence electrons. The third-order valence-corrected chi connectivity index (χ3v) is 1.67. The molecule has 0 aromatic heterocycles. The lowest BCUT2D eigenvalue weighted by Gasteiger charge is -2.04. The average Bonchev–Trinajstić information content (AvgIpc) is 2.16. The molecule has 0 amide bonds. The van der Waals surface area contributed by atoms with Crippen LogP contribution in [0.1, 0.15) is 26.7 Å². The molecule has 0 radical (unpaired) electrons. The number of nitrogens with one attached hydrogen (secondary N) is 1. The monoisotopic (exact) mass is 187 g/mol. The highest BCUT2D eigenvalue weighted by Crippen LogP contribution is 2.03. The van der Waals surface area contributed by atoms with Crippen molar-refractivity contribution in [2.24, 2.45) is 5.92 Å². The first-order valence-corrected chi connectivity index (χ1v) is 4.09. The maximum Gasteiger partial charge on any atom is 0.143 e. The first kappa shape index (κ1) is 14.5. The molecule has 2 N–H and O–H groups in total. The zero-order valence-electron chi connectivity index (χ0n) is 8.17. The van der Waals surface area contributed by atoms with Crippen LogP contribution in [0.4, 0.5) is 0 Å². The average molecular weight is 187 g/mol. The number of rotatable bonds is 5. The van der Waals surface area contributed by atoms with Gasteiger partial charge in [0.25, 0.3) is 0 Å².